The summed E-state index contributed by atoms with van der Waals surface area (Å²) < 4.78 is 2.04. The maximum Gasteiger partial charge on any atom is 0.257 e. The predicted molar refractivity (Wildman–Crippen MR) is 120 cm³/mol. The lowest BCUT2D eigenvalue weighted by Gasteiger charge is -2.29. The topological polar surface area (TPSA) is 54.3 Å². The van der Waals surface area contributed by atoms with Crippen LogP contribution in [0.1, 0.15) is 55.2 Å². The molecule has 0 radical (unpaired) electrons. The number of amides is 2. The first-order valence-electron chi connectivity index (χ1n) is 10.6. The van der Waals surface area contributed by atoms with Gasteiger partial charge in [-0.1, -0.05) is 50.1 Å². The minimum absolute atomic E-state index is 0.145. The molecule has 30 heavy (non-hydrogen) atoms. The van der Waals surface area contributed by atoms with E-state index in [4.69, 9.17) is 11.6 Å². The first-order valence-corrected chi connectivity index (χ1v) is 10.9. The predicted octanol–water partition coefficient (Wildman–Crippen LogP) is 5.11. The second-order valence-corrected chi connectivity index (χ2v) is 8.11. The Balaban J connectivity index is 1.97. The Morgan fingerprint density at radius 1 is 1.10 bits per heavy atom. The molecule has 1 N–H and O–H groups in total. The number of para-hydroxylation sites is 1. The standard InChI is InChI=1S/C24H26ClN3O2/c1-3-5-12-26-23(29)22-21-14-16-8-6-7-9-19(16)28(21)20-11-10-17(25)15-18(20)24(30)27(22)13-4-2/h6-11,14-15,22H,3-5,12-13H2,1-2H3,(H,26,29). The zero-order chi connectivity index (χ0) is 21.3. The zero-order valence-corrected chi connectivity index (χ0v) is 18.1. The number of fused-ring (bicyclic) bond motifs is 5. The fourth-order valence-corrected chi connectivity index (χ4v) is 4.36. The molecule has 3 aromatic rings. The summed E-state index contributed by atoms with van der Waals surface area (Å²) in [6, 6.07) is 14.7. The molecule has 0 saturated heterocycles. The Hall–Kier alpha value is -2.79. The molecule has 1 aliphatic rings. The van der Waals surface area contributed by atoms with Crippen LogP contribution in [0.2, 0.25) is 5.02 Å². The van der Waals surface area contributed by atoms with E-state index in [0.29, 0.717) is 23.7 Å². The van der Waals surface area contributed by atoms with Crippen molar-refractivity contribution in [3.8, 4) is 5.69 Å². The van der Waals surface area contributed by atoms with Crippen molar-refractivity contribution in [2.45, 2.75) is 39.2 Å². The van der Waals surface area contributed by atoms with Gasteiger partial charge in [0.1, 0.15) is 0 Å². The molecule has 1 atom stereocenters. The molecule has 0 fully saturated rings. The van der Waals surface area contributed by atoms with Gasteiger partial charge in [0.15, 0.2) is 6.04 Å². The number of nitrogens with one attached hydrogen (secondary N) is 1. The van der Waals surface area contributed by atoms with E-state index in [1.54, 1.807) is 17.0 Å². The molecule has 0 saturated carbocycles. The Kier molecular flexibility index (Phi) is 5.82. The lowest BCUT2D eigenvalue weighted by molar-refractivity contribution is -0.126. The number of benzene rings is 2. The van der Waals surface area contributed by atoms with Crippen LogP contribution in [0.4, 0.5) is 0 Å². The number of hydrogen-bond donors (Lipinski definition) is 1. The molecule has 2 aromatic carbocycles. The largest absolute Gasteiger partial charge is 0.354 e. The third-order valence-electron chi connectivity index (χ3n) is 5.56. The second-order valence-electron chi connectivity index (χ2n) is 7.67. The highest BCUT2D eigenvalue weighted by atomic mass is 35.5. The molecule has 0 spiro atoms. The fourth-order valence-electron chi connectivity index (χ4n) is 4.18. The van der Waals surface area contributed by atoms with Crippen molar-refractivity contribution in [3.63, 3.8) is 0 Å². The van der Waals surface area contributed by atoms with Crippen molar-refractivity contribution in [3.05, 3.63) is 64.8 Å². The first kappa shape index (κ1) is 20.5. The van der Waals surface area contributed by atoms with Gasteiger partial charge < -0.3 is 14.8 Å². The van der Waals surface area contributed by atoms with Crippen LogP contribution in [0, 0.1) is 0 Å². The minimum atomic E-state index is -0.701. The van der Waals surface area contributed by atoms with Crippen molar-refractivity contribution in [2.24, 2.45) is 0 Å². The van der Waals surface area contributed by atoms with Gasteiger partial charge in [0.25, 0.3) is 5.91 Å². The van der Waals surface area contributed by atoms with E-state index < -0.39 is 6.04 Å². The van der Waals surface area contributed by atoms with Crippen molar-refractivity contribution in [1.29, 1.82) is 0 Å². The molecule has 1 aliphatic heterocycles. The average Bonchev–Trinajstić information content (AvgIpc) is 3.08. The molecule has 0 bridgehead atoms. The third-order valence-corrected chi connectivity index (χ3v) is 5.80. The summed E-state index contributed by atoms with van der Waals surface area (Å²) in [6.07, 6.45) is 2.65. The Morgan fingerprint density at radius 2 is 1.90 bits per heavy atom. The van der Waals surface area contributed by atoms with E-state index in [1.165, 1.54) is 0 Å². The van der Waals surface area contributed by atoms with E-state index in [1.807, 2.05) is 47.9 Å². The van der Waals surface area contributed by atoms with Crippen molar-refractivity contribution in [2.75, 3.05) is 13.1 Å². The van der Waals surface area contributed by atoms with Crippen LogP contribution in [0.3, 0.4) is 0 Å². The van der Waals surface area contributed by atoms with Gasteiger partial charge >= 0.3 is 0 Å². The quantitative estimate of drug-likeness (QED) is 0.560. The van der Waals surface area contributed by atoms with Gasteiger partial charge in [-0.3, -0.25) is 9.59 Å². The summed E-state index contributed by atoms with van der Waals surface area (Å²) in [5, 5.41) is 4.58. The van der Waals surface area contributed by atoms with Gasteiger partial charge in [0.05, 0.1) is 22.5 Å². The number of aromatic nitrogens is 1. The van der Waals surface area contributed by atoms with E-state index in [9.17, 15) is 9.59 Å². The molecule has 6 heteroatoms. The first-order chi connectivity index (χ1) is 14.6. The average molecular weight is 424 g/mol. The summed E-state index contributed by atoms with van der Waals surface area (Å²) in [4.78, 5) is 28.7. The minimum Gasteiger partial charge on any atom is -0.354 e. The number of rotatable bonds is 6. The van der Waals surface area contributed by atoms with Crippen LogP contribution >= 0.6 is 11.6 Å². The number of carbonyl (C=O) groups is 2. The monoisotopic (exact) mass is 423 g/mol. The summed E-state index contributed by atoms with van der Waals surface area (Å²) >= 11 is 6.26. The van der Waals surface area contributed by atoms with Gasteiger partial charge in [-0.2, -0.15) is 0 Å². The van der Waals surface area contributed by atoms with Gasteiger partial charge in [0, 0.05) is 23.5 Å². The molecular formula is C24H26ClN3O2. The van der Waals surface area contributed by atoms with Crippen molar-refractivity contribution in [1.82, 2.24) is 14.8 Å². The highest BCUT2D eigenvalue weighted by molar-refractivity contribution is 6.31. The van der Waals surface area contributed by atoms with Crippen LogP contribution in [-0.4, -0.2) is 34.4 Å². The third kappa shape index (κ3) is 3.47. The van der Waals surface area contributed by atoms with Gasteiger partial charge in [-0.15, -0.1) is 0 Å². The van der Waals surface area contributed by atoms with E-state index in [2.05, 4.69) is 12.2 Å². The number of hydrogen-bond acceptors (Lipinski definition) is 2. The van der Waals surface area contributed by atoms with Gasteiger partial charge in [0.2, 0.25) is 5.91 Å². The summed E-state index contributed by atoms with van der Waals surface area (Å²) in [7, 11) is 0. The fraction of sp³-hybridized carbons (Fsp3) is 0.333. The summed E-state index contributed by atoms with van der Waals surface area (Å²) in [5.41, 5.74) is 3.04. The summed E-state index contributed by atoms with van der Waals surface area (Å²) in [5.74, 6) is -0.314. The Morgan fingerprint density at radius 3 is 2.67 bits per heavy atom. The zero-order valence-electron chi connectivity index (χ0n) is 17.3. The summed E-state index contributed by atoms with van der Waals surface area (Å²) in [6.45, 7) is 5.18. The lowest BCUT2D eigenvalue weighted by Crippen LogP contribution is -2.44. The van der Waals surface area contributed by atoms with Gasteiger partial charge in [-0.25, -0.2) is 0 Å². The van der Waals surface area contributed by atoms with Crippen LogP contribution < -0.4 is 5.32 Å². The van der Waals surface area contributed by atoms with Crippen LogP contribution in [0.15, 0.2) is 48.5 Å². The SMILES string of the molecule is CCCCNC(=O)C1c2cc3ccccc3n2-c2ccc(Cl)cc2C(=O)N1CCC. The molecular weight excluding hydrogens is 398 g/mol. The molecule has 156 valence electrons. The highest BCUT2D eigenvalue weighted by Gasteiger charge is 2.38. The van der Waals surface area contributed by atoms with E-state index >= 15 is 0 Å². The second kappa shape index (κ2) is 8.52. The van der Waals surface area contributed by atoms with Crippen LogP contribution in [0.25, 0.3) is 16.6 Å². The van der Waals surface area contributed by atoms with Crippen molar-refractivity contribution >= 4 is 34.3 Å². The molecule has 5 nitrogen and oxygen atoms in total. The Bertz CT molecular complexity index is 1110. The Labute approximate surface area is 181 Å². The van der Waals surface area contributed by atoms with Gasteiger partial charge in [-0.05, 0) is 43.2 Å². The molecule has 1 unspecified atom stereocenters. The number of carbonyl (C=O) groups excluding carboxylic acids is 2. The van der Waals surface area contributed by atoms with E-state index in [0.717, 1.165) is 41.5 Å². The molecule has 0 aliphatic carbocycles. The lowest BCUT2D eigenvalue weighted by atomic mass is 10.1. The molecule has 2 amide bonds. The highest BCUT2D eigenvalue weighted by Crippen LogP contribution is 2.37. The smallest absolute Gasteiger partial charge is 0.257 e. The number of unbranched alkanes of at least 4 members (excludes halogenated alkanes) is 1. The van der Waals surface area contributed by atoms with Crippen LogP contribution in [-0.2, 0) is 4.79 Å². The van der Waals surface area contributed by atoms with E-state index in [-0.39, 0.29) is 11.8 Å². The molecule has 2 heterocycles. The number of nitrogens with zero attached hydrogens (tertiary/aromatic N) is 2. The van der Waals surface area contributed by atoms with Crippen LogP contribution in [0.5, 0.6) is 0 Å². The molecule has 1 aromatic heterocycles. The van der Waals surface area contributed by atoms with Crippen molar-refractivity contribution < 1.29 is 9.59 Å². The maximum absolute atomic E-state index is 13.6. The molecule has 4 rings (SSSR count). The normalized spacial score (nSPS) is 15.6. The maximum atomic E-state index is 13.6. The number of halogens is 1.